The number of nitrogens with one attached hydrogen (secondary N) is 1. The Kier molecular flexibility index (Phi) is 3.26. The van der Waals surface area contributed by atoms with E-state index in [-0.39, 0.29) is 0 Å². The van der Waals surface area contributed by atoms with E-state index >= 15 is 0 Å². The summed E-state index contributed by atoms with van der Waals surface area (Å²) in [6.07, 6.45) is 0. The Labute approximate surface area is 76.9 Å². The molecule has 0 aliphatic heterocycles. The van der Waals surface area contributed by atoms with Crippen LogP contribution in [0.1, 0.15) is 11.1 Å². The average Bonchev–Trinajstić information content (AvgIpc) is 2.18. The van der Waals surface area contributed by atoms with Crippen molar-refractivity contribution >= 4 is 0 Å². The third-order valence-electron chi connectivity index (χ3n) is 1.69. The van der Waals surface area contributed by atoms with Crippen molar-refractivity contribution in [2.24, 2.45) is 5.84 Å². The molecule has 0 aromatic heterocycles. The molecule has 0 saturated carbocycles. The van der Waals surface area contributed by atoms with Gasteiger partial charge in [0, 0.05) is 6.54 Å². The molecule has 0 aliphatic rings. The van der Waals surface area contributed by atoms with Crippen molar-refractivity contribution < 1.29 is 4.74 Å². The molecule has 0 unspecified atom stereocenters. The highest BCUT2D eigenvalue weighted by Crippen LogP contribution is 2.18. The fraction of sp³-hybridized carbons (Fsp3) is 0.222. The lowest BCUT2D eigenvalue weighted by atomic mass is 10.1. The van der Waals surface area contributed by atoms with Gasteiger partial charge in [0.2, 0.25) is 0 Å². The number of nitrogens with zero attached hydrogens (tertiary/aromatic N) is 1. The van der Waals surface area contributed by atoms with Crippen molar-refractivity contribution in [2.45, 2.75) is 6.54 Å². The van der Waals surface area contributed by atoms with E-state index in [1.165, 1.54) is 7.11 Å². The summed E-state index contributed by atoms with van der Waals surface area (Å²) < 4.78 is 5.03. The van der Waals surface area contributed by atoms with Gasteiger partial charge in [-0.2, -0.15) is 5.26 Å². The van der Waals surface area contributed by atoms with Gasteiger partial charge in [0.05, 0.1) is 12.7 Å². The van der Waals surface area contributed by atoms with Gasteiger partial charge in [-0.05, 0) is 17.7 Å². The zero-order valence-electron chi connectivity index (χ0n) is 7.37. The Hall–Kier alpha value is -1.57. The molecule has 0 heterocycles. The normalized spacial score (nSPS) is 9.31. The summed E-state index contributed by atoms with van der Waals surface area (Å²) >= 11 is 0. The number of nitriles is 1. The number of hydrazine groups is 1. The van der Waals surface area contributed by atoms with Gasteiger partial charge in [0.1, 0.15) is 11.8 Å². The SMILES string of the molecule is COc1cc(CNN)ccc1C#N. The number of hydrogen-bond acceptors (Lipinski definition) is 4. The van der Waals surface area contributed by atoms with E-state index < -0.39 is 0 Å². The van der Waals surface area contributed by atoms with Crippen LogP contribution in [-0.4, -0.2) is 7.11 Å². The molecule has 0 bridgehead atoms. The molecule has 68 valence electrons. The second-order valence-electron chi connectivity index (χ2n) is 2.53. The zero-order valence-corrected chi connectivity index (χ0v) is 7.37. The average molecular weight is 177 g/mol. The van der Waals surface area contributed by atoms with Gasteiger partial charge in [-0.25, -0.2) is 0 Å². The Morgan fingerprint density at radius 1 is 1.62 bits per heavy atom. The summed E-state index contributed by atoms with van der Waals surface area (Å²) in [5.74, 6) is 5.75. The first-order chi connectivity index (χ1) is 6.31. The van der Waals surface area contributed by atoms with Gasteiger partial charge < -0.3 is 4.74 Å². The molecule has 0 fully saturated rings. The molecule has 1 rings (SSSR count). The molecule has 13 heavy (non-hydrogen) atoms. The van der Waals surface area contributed by atoms with E-state index in [9.17, 15) is 0 Å². The topological polar surface area (TPSA) is 71.1 Å². The monoisotopic (exact) mass is 177 g/mol. The van der Waals surface area contributed by atoms with Crippen LogP contribution in [0.3, 0.4) is 0 Å². The van der Waals surface area contributed by atoms with Crippen LogP contribution in [0.4, 0.5) is 0 Å². The van der Waals surface area contributed by atoms with Crippen molar-refractivity contribution in [1.82, 2.24) is 5.43 Å². The van der Waals surface area contributed by atoms with Crippen LogP contribution >= 0.6 is 0 Å². The lowest BCUT2D eigenvalue weighted by Crippen LogP contribution is -2.20. The van der Waals surface area contributed by atoms with Crippen LogP contribution in [0.25, 0.3) is 0 Å². The van der Waals surface area contributed by atoms with Crippen molar-refractivity contribution in [2.75, 3.05) is 7.11 Å². The standard InChI is InChI=1S/C9H11N3O/c1-13-9-4-7(6-12-11)2-3-8(9)5-10/h2-4,12H,6,11H2,1H3. The van der Waals surface area contributed by atoms with E-state index in [0.717, 1.165) is 5.56 Å². The number of ether oxygens (including phenoxy) is 1. The maximum absolute atomic E-state index is 8.70. The predicted octanol–water partition coefficient (Wildman–Crippen LogP) is 0.530. The van der Waals surface area contributed by atoms with Crippen LogP contribution in [0, 0.1) is 11.3 Å². The lowest BCUT2D eigenvalue weighted by molar-refractivity contribution is 0.412. The minimum Gasteiger partial charge on any atom is -0.495 e. The van der Waals surface area contributed by atoms with Gasteiger partial charge in [-0.15, -0.1) is 0 Å². The minimum atomic E-state index is 0.531. The summed E-state index contributed by atoms with van der Waals surface area (Å²) in [5.41, 5.74) is 4.05. The molecule has 3 N–H and O–H groups in total. The molecule has 1 aromatic carbocycles. The fourth-order valence-corrected chi connectivity index (χ4v) is 1.06. The van der Waals surface area contributed by atoms with Crippen LogP contribution in [0.15, 0.2) is 18.2 Å². The Morgan fingerprint density at radius 3 is 2.92 bits per heavy atom. The molecule has 0 spiro atoms. The lowest BCUT2D eigenvalue weighted by Gasteiger charge is -2.05. The first kappa shape index (κ1) is 9.52. The highest BCUT2D eigenvalue weighted by molar-refractivity contribution is 5.45. The molecule has 0 amide bonds. The van der Waals surface area contributed by atoms with Crippen molar-refractivity contribution in [3.8, 4) is 11.8 Å². The number of methoxy groups -OCH3 is 1. The van der Waals surface area contributed by atoms with Gasteiger partial charge in [0.25, 0.3) is 0 Å². The molecule has 0 radical (unpaired) electrons. The summed E-state index contributed by atoms with van der Waals surface area (Å²) in [4.78, 5) is 0. The minimum absolute atomic E-state index is 0.531. The van der Waals surface area contributed by atoms with E-state index in [1.807, 2.05) is 12.1 Å². The second-order valence-corrected chi connectivity index (χ2v) is 2.53. The number of rotatable bonds is 3. The molecule has 0 saturated heterocycles. The second kappa shape index (κ2) is 4.45. The maximum atomic E-state index is 8.70. The molecule has 4 heteroatoms. The number of benzene rings is 1. The molecular weight excluding hydrogens is 166 g/mol. The van der Waals surface area contributed by atoms with E-state index in [4.69, 9.17) is 15.8 Å². The van der Waals surface area contributed by atoms with Crippen molar-refractivity contribution in [3.05, 3.63) is 29.3 Å². The van der Waals surface area contributed by atoms with Crippen molar-refractivity contribution in [1.29, 1.82) is 5.26 Å². The van der Waals surface area contributed by atoms with Gasteiger partial charge in [-0.3, -0.25) is 11.3 Å². The van der Waals surface area contributed by atoms with Gasteiger partial charge >= 0.3 is 0 Å². The summed E-state index contributed by atoms with van der Waals surface area (Å²) in [6.45, 7) is 0.558. The number of nitrogens with two attached hydrogens (primary N) is 1. The van der Waals surface area contributed by atoms with E-state index in [1.54, 1.807) is 12.1 Å². The molecule has 0 aliphatic carbocycles. The zero-order chi connectivity index (χ0) is 9.68. The predicted molar refractivity (Wildman–Crippen MR) is 48.7 cm³/mol. The van der Waals surface area contributed by atoms with Crippen LogP contribution in [0.5, 0.6) is 5.75 Å². The maximum Gasteiger partial charge on any atom is 0.136 e. The summed E-state index contributed by atoms with van der Waals surface area (Å²) in [7, 11) is 1.54. The smallest absolute Gasteiger partial charge is 0.136 e. The quantitative estimate of drug-likeness (QED) is 0.522. The molecule has 1 aromatic rings. The Morgan fingerprint density at radius 2 is 2.38 bits per heavy atom. The highest BCUT2D eigenvalue weighted by atomic mass is 16.5. The van der Waals surface area contributed by atoms with Crippen LogP contribution in [0.2, 0.25) is 0 Å². The fourth-order valence-electron chi connectivity index (χ4n) is 1.06. The molecular formula is C9H11N3O. The third-order valence-corrected chi connectivity index (χ3v) is 1.69. The summed E-state index contributed by atoms with van der Waals surface area (Å²) in [6, 6.07) is 7.38. The Balaban J connectivity index is 3.00. The van der Waals surface area contributed by atoms with Crippen LogP contribution < -0.4 is 16.0 Å². The first-order valence-electron chi connectivity index (χ1n) is 3.82. The highest BCUT2D eigenvalue weighted by Gasteiger charge is 2.02. The molecule has 0 atom stereocenters. The summed E-state index contributed by atoms with van der Waals surface area (Å²) in [5, 5.41) is 8.70. The first-order valence-corrected chi connectivity index (χ1v) is 3.82. The third kappa shape index (κ3) is 2.18. The Bertz CT molecular complexity index is 330. The van der Waals surface area contributed by atoms with Gasteiger partial charge in [-0.1, -0.05) is 6.07 Å². The van der Waals surface area contributed by atoms with E-state index in [0.29, 0.717) is 17.9 Å². The van der Waals surface area contributed by atoms with Crippen molar-refractivity contribution in [3.63, 3.8) is 0 Å². The number of hydrogen-bond donors (Lipinski definition) is 2. The van der Waals surface area contributed by atoms with Gasteiger partial charge in [0.15, 0.2) is 0 Å². The molecule has 4 nitrogen and oxygen atoms in total. The largest absolute Gasteiger partial charge is 0.495 e. The van der Waals surface area contributed by atoms with E-state index in [2.05, 4.69) is 5.43 Å². The van der Waals surface area contributed by atoms with Crippen LogP contribution in [-0.2, 0) is 6.54 Å².